The van der Waals surface area contributed by atoms with Gasteiger partial charge in [-0.25, -0.2) is 0 Å². The molecule has 2 fully saturated rings. The van der Waals surface area contributed by atoms with E-state index in [9.17, 15) is 0 Å². The first kappa shape index (κ1) is 18.5. The molecule has 0 N–H and O–H groups in total. The Balaban J connectivity index is 1.43. The van der Waals surface area contributed by atoms with Crippen LogP contribution in [0.5, 0.6) is 0 Å². The average Bonchev–Trinajstić information content (AvgIpc) is 2.68. The number of hydrogen-bond acceptors (Lipinski definition) is 2. The van der Waals surface area contributed by atoms with Crippen LogP contribution in [0.2, 0.25) is 0 Å². The lowest BCUT2D eigenvalue weighted by Gasteiger charge is -2.28. The predicted molar refractivity (Wildman–Crippen MR) is 102 cm³/mol. The maximum absolute atomic E-state index is 8.97. The zero-order chi connectivity index (χ0) is 17.5. The topological polar surface area (TPSA) is 33.0 Å². The number of ether oxygens (including phenoxy) is 1. The van der Waals surface area contributed by atoms with Crippen molar-refractivity contribution in [3.05, 3.63) is 35.4 Å². The fourth-order valence-electron chi connectivity index (χ4n) is 4.65. The van der Waals surface area contributed by atoms with Crippen LogP contribution in [0.3, 0.4) is 0 Å². The SMILES string of the molecule is CCCC1CCC(c2ccc(COC3CCC(C#N)CC3)cc2)CC1. The molecule has 2 heteroatoms. The number of rotatable bonds is 6. The average molecular weight is 340 g/mol. The Labute approximate surface area is 153 Å². The van der Waals surface area contributed by atoms with E-state index in [0.29, 0.717) is 12.7 Å². The molecule has 0 saturated heterocycles. The van der Waals surface area contributed by atoms with Crippen LogP contribution in [0.4, 0.5) is 0 Å². The van der Waals surface area contributed by atoms with Gasteiger partial charge in [-0.15, -0.1) is 0 Å². The summed E-state index contributed by atoms with van der Waals surface area (Å²) in [7, 11) is 0. The summed E-state index contributed by atoms with van der Waals surface area (Å²) in [4.78, 5) is 0. The zero-order valence-electron chi connectivity index (χ0n) is 15.8. The fraction of sp³-hybridized carbons (Fsp3) is 0.696. The lowest BCUT2D eigenvalue weighted by Crippen LogP contribution is -2.20. The molecule has 1 aromatic rings. The number of nitrogens with zero attached hydrogens (tertiary/aromatic N) is 1. The summed E-state index contributed by atoms with van der Waals surface area (Å²) in [6.07, 6.45) is 12.7. The highest BCUT2D eigenvalue weighted by atomic mass is 16.5. The normalized spacial score (nSPS) is 29.9. The van der Waals surface area contributed by atoms with Crippen LogP contribution in [0.1, 0.15) is 88.2 Å². The molecule has 2 aliphatic rings. The molecule has 2 saturated carbocycles. The lowest BCUT2D eigenvalue weighted by atomic mass is 9.77. The number of nitriles is 1. The molecule has 3 rings (SSSR count). The number of benzene rings is 1. The van der Waals surface area contributed by atoms with Crippen LogP contribution in [0, 0.1) is 23.2 Å². The molecule has 0 heterocycles. The fourth-order valence-corrected chi connectivity index (χ4v) is 4.65. The Morgan fingerprint density at radius 3 is 2.24 bits per heavy atom. The zero-order valence-corrected chi connectivity index (χ0v) is 15.8. The summed E-state index contributed by atoms with van der Waals surface area (Å²) in [6, 6.07) is 11.6. The van der Waals surface area contributed by atoms with Crippen LogP contribution in [-0.4, -0.2) is 6.10 Å². The molecular weight excluding hydrogens is 306 g/mol. The molecule has 2 nitrogen and oxygen atoms in total. The van der Waals surface area contributed by atoms with Gasteiger partial charge in [0.05, 0.1) is 18.8 Å². The molecular formula is C23H33NO. The van der Waals surface area contributed by atoms with Crippen molar-refractivity contribution in [1.82, 2.24) is 0 Å². The molecule has 0 spiro atoms. The van der Waals surface area contributed by atoms with Crippen molar-refractivity contribution < 1.29 is 4.74 Å². The maximum Gasteiger partial charge on any atom is 0.0720 e. The third-order valence-electron chi connectivity index (χ3n) is 6.34. The Hall–Kier alpha value is -1.33. The van der Waals surface area contributed by atoms with E-state index in [1.807, 2.05) is 0 Å². The van der Waals surface area contributed by atoms with Crippen LogP contribution >= 0.6 is 0 Å². The lowest BCUT2D eigenvalue weighted by molar-refractivity contribution is 0.0116. The summed E-state index contributed by atoms with van der Waals surface area (Å²) in [6.45, 7) is 3.02. The van der Waals surface area contributed by atoms with Crippen molar-refractivity contribution in [1.29, 1.82) is 5.26 Å². The Bertz CT molecular complexity index is 542. The van der Waals surface area contributed by atoms with E-state index < -0.39 is 0 Å². The van der Waals surface area contributed by atoms with Crippen LogP contribution < -0.4 is 0 Å². The van der Waals surface area contributed by atoms with Gasteiger partial charge in [0.15, 0.2) is 0 Å². The van der Waals surface area contributed by atoms with Crippen molar-refractivity contribution in [2.45, 2.75) is 89.8 Å². The Morgan fingerprint density at radius 2 is 1.64 bits per heavy atom. The van der Waals surface area contributed by atoms with Gasteiger partial charge in [-0.3, -0.25) is 0 Å². The minimum absolute atomic E-state index is 0.256. The molecule has 0 aromatic heterocycles. The molecule has 0 amide bonds. The second-order valence-electron chi connectivity index (χ2n) is 8.16. The molecule has 136 valence electrons. The largest absolute Gasteiger partial charge is 0.374 e. The molecule has 0 radical (unpaired) electrons. The van der Waals surface area contributed by atoms with Gasteiger partial charge in [0.25, 0.3) is 0 Å². The summed E-state index contributed by atoms with van der Waals surface area (Å²) >= 11 is 0. The first-order valence-electron chi connectivity index (χ1n) is 10.4. The second-order valence-corrected chi connectivity index (χ2v) is 8.16. The summed E-state index contributed by atoms with van der Waals surface area (Å²) < 4.78 is 6.08. The monoisotopic (exact) mass is 339 g/mol. The van der Waals surface area contributed by atoms with Crippen molar-refractivity contribution in [2.75, 3.05) is 0 Å². The van der Waals surface area contributed by atoms with Gasteiger partial charge in [-0.1, -0.05) is 44.0 Å². The molecule has 0 bridgehead atoms. The Kier molecular flexibility index (Phi) is 6.93. The van der Waals surface area contributed by atoms with E-state index in [2.05, 4.69) is 37.3 Å². The third kappa shape index (κ3) is 5.32. The first-order chi connectivity index (χ1) is 12.3. The minimum atomic E-state index is 0.256. The second kappa shape index (κ2) is 9.39. The van der Waals surface area contributed by atoms with Crippen LogP contribution in [0.25, 0.3) is 0 Å². The van der Waals surface area contributed by atoms with Crippen molar-refractivity contribution in [3.63, 3.8) is 0 Å². The quantitative estimate of drug-likeness (QED) is 0.604. The summed E-state index contributed by atoms with van der Waals surface area (Å²) in [5.41, 5.74) is 2.80. The van der Waals surface area contributed by atoms with Crippen molar-refractivity contribution in [3.8, 4) is 6.07 Å². The first-order valence-corrected chi connectivity index (χ1v) is 10.4. The third-order valence-corrected chi connectivity index (χ3v) is 6.34. The minimum Gasteiger partial charge on any atom is -0.374 e. The van der Waals surface area contributed by atoms with Gasteiger partial charge < -0.3 is 4.74 Å². The highest BCUT2D eigenvalue weighted by Gasteiger charge is 2.22. The standard InChI is InChI=1S/C23H33NO/c1-2-3-18-4-10-21(11-5-18)22-12-6-20(7-13-22)17-25-23-14-8-19(16-24)9-15-23/h6-7,12-13,18-19,21,23H,2-5,8-11,14-15,17H2,1H3. The van der Waals surface area contributed by atoms with E-state index >= 15 is 0 Å². The van der Waals surface area contributed by atoms with E-state index in [-0.39, 0.29) is 5.92 Å². The highest BCUT2D eigenvalue weighted by Crippen LogP contribution is 2.37. The molecule has 0 aliphatic heterocycles. The van der Waals surface area contributed by atoms with Gasteiger partial charge in [0, 0.05) is 5.92 Å². The summed E-state index contributed by atoms with van der Waals surface area (Å²) in [5.74, 6) is 2.00. The molecule has 0 atom stereocenters. The molecule has 2 aliphatic carbocycles. The van der Waals surface area contributed by atoms with E-state index in [1.165, 1.54) is 49.7 Å². The van der Waals surface area contributed by atoms with E-state index in [0.717, 1.165) is 37.5 Å². The molecule has 0 unspecified atom stereocenters. The van der Waals surface area contributed by atoms with Crippen molar-refractivity contribution >= 4 is 0 Å². The highest BCUT2D eigenvalue weighted by molar-refractivity contribution is 5.25. The van der Waals surface area contributed by atoms with E-state index in [1.54, 1.807) is 0 Å². The van der Waals surface area contributed by atoms with Crippen LogP contribution in [0.15, 0.2) is 24.3 Å². The van der Waals surface area contributed by atoms with Gasteiger partial charge >= 0.3 is 0 Å². The summed E-state index contributed by atoms with van der Waals surface area (Å²) in [5, 5.41) is 8.97. The van der Waals surface area contributed by atoms with Crippen LogP contribution in [-0.2, 0) is 11.3 Å². The Morgan fingerprint density at radius 1 is 0.960 bits per heavy atom. The molecule has 25 heavy (non-hydrogen) atoms. The molecule has 1 aromatic carbocycles. The smallest absolute Gasteiger partial charge is 0.0720 e. The number of hydrogen-bond donors (Lipinski definition) is 0. The van der Waals surface area contributed by atoms with E-state index in [4.69, 9.17) is 10.00 Å². The van der Waals surface area contributed by atoms with Crippen molar-refractivity contribution in [2.24, 2.45) is 11.8 Å². The predicted octanol–water partition coefficient (Wildman–Crippen LogP) is 6.36. The maximum atomic E-state index is 8.97. The van der Waals surface area contributed by atoms with Gasteiger partial charge in [0.2, 0.25) is 0 Å². The van der Waals surface area contributed by atoms with Gasteiger partial charge in [-0.05, 0) is 74.3 Å². The van der Waals surface area contributed by atoms with Gasteiger partial charge in [0.1, 0.15) is 0 Å². The van der Waals surface area contributed by atoms with Gasteiger partial charge in [-0.2, -0.15) is 5.26 Å².